The van der Waals surface area contributed by atoms with Gasteiger partial charge in [-0.1, -0.05) is 44.7 Å². The van der Waals surface area contributed by atoms with Crippen LogP contribution < -0.4 is 4.74 Å². The molecule has 1 aromatic rings. The Morgan fingerprint density at radius 1 is 1.18 bits per heavy atom. The van der Waals surface area contributed by atoms with E-state index in [0.29, 0.717) is 13.2 Å². The van der Waals surface area contributed by atoms with Crippen LogP contribution in [0.5, 0.6) is 5.75 Å². The van der Waals surface area contributed by atoms with Crippen LogP contribution in [0.15, 0.2) is 24.3 Å². The van der Waals surface area contributed by atoms with Gasteiger partial charge in [0.15, 0.2) is 5.78 Å². The van der Waals surface area contributed by atoms with Gasteiger partial charge in [0.25, 0.3) is 0 Å². The van der Waals surface area contributed by atoms with E-state index in [0.717, 1.165) is 24.2 Å². The summed E-state index contributed by atoms with van der Waals surface area (Å²) in [4.78, 5) is 12.2. The summed E-state index contributed by atoms with van der Waals surface area (Å²) in [6.45, 7) is 2.99. The van der Waals surface area contributed by atoms with Crippen molar-refractivity contribution in [2.45, 2.75) is 57.8 Å². The number of ketones is 1. The lowest BCUT2D eigenvalue weighted by molar-refractivity contribution is -0.130. The van der Waals surface area contributed by atoms with Gasteiger partial charge in [-0.05, 0) is 24.1 Å². The van der Waals surface area contributed by atoms with Gasteiger partial charge in [0, 0.05) is 0 Å². The molecule has 0 amide bonds. The molecule has 2 unspecified atom stereocenters. The molecule has 0 bridgehead atoms. The minimum absolute atomic E-state index is 0.102. The third-order valence-electron chi connectivity index (χ3n) is 4.01. The Morgan fingerprint density at radius 2 is 1.95 bits per heavy atom. The Hall–Kier alpha value is -1.39. The normalized spacial score (nSPS) is 21.3. The summed E-state index contributed by atoms with van der Waals surface area (Å²) in [7, 11) is 1.64. The van der Waals surface area contributed by atoms with Crippen molar-refractivity contribution in [2.24, 2.45) is 0 Å². The van der Waals surface area contributed by atoms with E-state index in [4.69, 9.17) is 14.2 Å². The highest BCUT2D eigenvalue weighted by Gasteiger charge is 2.35. The fourth-order valence-corrected chi connectivity index (χ4v) is 2.61. The van der Waals surface area contributed by atoms with Crippen LogP contribution in [0.1, 0.15) is 44.6 Å². The average Bonchev–Trinajstić information content (AvgIpc) is 2.90. The zero-order valence-electron chi connectivity index (χ0n) is 13.5. The van der Waals surface area contributed by atoms with Crippen molar-refractivity contribution in [3.05, 3.63) is 29.8 Å². The summed E-state index contributed by atoms with van der Waals surface area (Å²) < 4.78 is 16.4. The smallest absolute Gasteiger partial charge is 0.192 e. The zero-order valence-corrected chi connectivity index (χ0v) is 13.5. The predicted octanol–water partition coefficient (Wildman–Crippen LogP) is 3.52. The number of Topliss-reactive ketones (excluding diaryl/α,β-unsaturated/α-hetero) is 1. The van der Waals surface area contributed by atoms with E-state index >= 15 is 0 Å². The summed E-state index contributed by atoms with van der Waals surface area (Å²) in [5.74, 6) is 0.918. The fraction of sp³-hybridized carbons (Fsp3) is 0.611. The van der Waals surface area contributed by atoms with Gasteiger partial charge in [0.05, 0.1) is 20.3 Å². The van der Waals surface area contributed by atoms with Crippen LogP contribution in [0.4, 0.5) is 0 Å². The first-order valence-corrected chi connectivity index (χ1v) is 8.14. The number of hydrogen-bond donors (Lipinski definition) is 0. The maximum atomic E-state index is 12.2. The molecule has 0 radical (unpaired) electrons. The zero-order chi connectivity index (χ0) is 15.8. The minimum Gasteiger partial charge on any atom is -0.497 e. The summed E-state index contributed by atoms with van der Waals surface area (Å²) in [6.07, 6.45) is 4.78. The monoisotopic (exact) mass is 306 g/mol. The molecule has 0 aromatic heterocycles. The van der Waals surface area contributed by atoms with Gasteiger partial charge in [-0.15, -0.1) is 0 Å². The molecule has 1 heterocycles. The Kier molecular flexibility index (Phi) is 6.87. The summed E-state index contributed by atoms with van der Waals surface area (Å²) in [6, 6.07) is 7.67. The molecular weight excluding hydrogens is 280 g/mol. The number of ether oxygens (including phenoxy) is 3. The number of carbonyl (C=O) groups is 1. The molecule has 122 valence electrons. The highest BCUT2D eigenvalue weighted by molar-refractivity contribution is 5.89. The first-order chi connectivity index (χ1) is 10.7. The van der Waals surface area contributed by atoms with Crippen LogP contribution in [0, 0.1) is 0 Å². The van der Waals surface area contributed by atoms with Gasteiger partial charge in [-0.25, -0.2) is 0 Å². The molecule has 2 atom stereocenters. The van der Waals surface area contributed by atoms with Gasteiger partial charge >= 0.3 is 0 Å². The molecule has 22 heavy (non-hydrogen) atoms. The third-order valence-corrected chi connectivity index (χ3v) is 4.01. The molecule has 1 aliphatic heterocycles. The molecular formula is C18H26O4. The van der Waals surface area contributed by atoms with E-state index in [-0.39, 0.29) is 11.9 Å². The standard InChI is InChI=1S/C18H26O4/c1-3-4-5-6-7-16-18(19)17(13-22-16)21-12-14-8-10-15(20-2)11-9-14/h8-11,16-17H,3-7,12-13H2,1-2H3. The predicted molar refractivity (Wildman–Crippen MR) is 85.1 cm³/mol. The van der Waals surface area contributed by atoms with E-state index in [1.165, 1.54) is 19.3 Å². The first kappa shape index (κ1) is 17.0. The van der Waals surface area contributed by atoms with Crippen molar-refractivity contribution < 1.29 is 19.0 Å². The topological polar surface area (TPSA) is 44.8 Å². The van der Waals surface area contributed by atoms with Crippen molar-refractivity contribution >= 4 is 5.78 Å². The van der Waals surface area contributed by atoms with Gasteiger partial charge in [-0.2, -0.15) is 0 Å². The lowest BCUT2D eigenvalue weighted by atomic mass is 10.1. The molecule has 4 nitrogen and oxygen atoms in total. The van der Waals surface area contributed by atoms with Crippen LogP contribution in [-0.2, 0) is 20.9 Å². The lowest BCUT2D eigenvalue weighted by Crippen LogP contribution is -2.26. The number of unbranched alkanes of at least 4 members (excludes halogenated alkanes) is 3. The van der Waals surface area contributed by atoms with Crippen molar-refractivity contribution in [1.82, 2.24) is 0 Å². The summed E-state index contributed by atoms with van der Waals surface area (Å²) >= 11 is 0. The maximum absolute atomic E-state index is 12.2. The van der Waals surface area contributed by atoms with E-state index < -0.39 is 6.10 Å². The Bertz CT molecular complexity index is 455. The molecule has 2 rings (SSSR count). The quantitative estimate of drug-likeness (QED) is 0.655. The molecule has 0 saturated carbocycles. The van der Waals surface area contributed by atoms with E-state index in [2.05, 4.69) is 6.92 Å². The molecule has 1 aromatic carbocycles. The lowest BCUT2D eigenvalue weighted by Gasteiger charge is -2.10. The number of benzene rings is 1. The van der Waals surface area contributed by atoms with Crippen LogP contribution in [-0.4, -0.2) is 31.7 Å². The Morgan fingerprint density at radius 3 is 2.64 bits per heavy atom. The SMILES string of the molecule is CCCCCCC1OCC(OCc2ccc(OC)cc2)C1=O. The molecule has 1 aliphatic rings. The molecule has 0 aliphatic carbocycles. The van der Waals surface area contributed by atoms with E-state index in [9.17, 15) is 4.79 Å². The second-order valence-corrected chi connectivity index (χ2v) is 5.72. The van der Waals surface area contributed by atoms with Gasteiger partial charge in [0.2, 0.25) is 0 Å². The number of methoxy groups -OCH3 is 1. The Labute approximate surface area is 132 Å². The fourth-order valence-electron chi connectivity index (χ4n) is 2.61. The molecule has 4 heteroatoms. The Balaban J connectivity index is 1.73. The maximum Gasteiger partial charge on any atom is 0.192 e. The molecule has 0 spiro atoms. The van der Waals surface area contributed by atoms with Crippen LogP contribution in [0.2, 0.25) is 0 Å². The second kappa shape index (κ2) is 8.91. The van der Waals surface area contributed by atoms with Gasteiger partial charge < -0.3 is 14.2 Å². The minimum atomic E-state index is -0.418. The van der Waals surface area contributed by atoms with Gasteiger partial charge in [0.1, 0.15) is 18.0 Å². The molecule has 1 saturated heterocycles. The van der Waals surface area contributed by atoms with Crippen molar-refractivity contribution in [3.8, 4) is 5.75 Å². The summed E-state index contributed by atoms with van der Waals surface area (Å²) in [5, 5.41) is 0. The van der Waals surface area contributed by atoms with Crippen molar-refractivity contribution in [3.63, 3.8) is 0 Å². The highest BCUT2D eigenvalue weighted by Crippen LogP contribution is 2.20. The number of hydrogen-bond acceptors (Lipinski definition) is 4. The van der Waals surface area contributed by atoms with E-state index in [1.54, 1.807) is 7.11 Å². The molecule has 0 N–H and O–H groups in total. The number of rotatable bonds is 9. The van der Waals surface area contributed by atoms with Crippen molar-refractivity contribution in [2.75, 3.05) is 13.7 Å². The average molecular weight is 306 g/mol. The van der Waals surface area contributed by atoms with E-state index in [1.807, 2.05) is 24.3 Å². The summed E-state index contributed by atoms with van der Waals surface area (Å²) in [5.41, 5.74) is 1.03. The first-order valence-electron chi connectivity index (χ1n) is 8.14. The molecule has 1 fully saturated rings. The largest absolute Gasteiger partial charge is 0.497 e. The van der Waals surface area contributed by atoms with Gasteiger partial charge in [-0.3, -0.25) is 4.79 Å². The van der Waals surface area contributed by atoms with Crippen LogP contribution in [0.3, 0.4) is 0 Å². The second-order valence-electron chi connectivity index (χ2n) is 5.72. The number of carbonyl (C=O) groups excluding carboxylic acids is 1. The van der Waals surface area contributed by atoms with Crippen LogP contribution >= 0.6 is 0 Å². The third kappa shape index (κ3) is 4.82. The van der Waals surface area contributed by atoms with Crippen LogP contribution in [0.25, 0.3) is 0 Å². The highest BCUT2D eigenvalue weighted by atomic mass is 16.6. The van der Waals surface area contributed by atoms with Crippen molar-refractivity contribution in [1.29, 1.82) is 0 Å².